The largest absolute Gasteiger partial charge is 0.339 e. The van der Waals surface area contributed by atoms with E-state index < -0.39 is 30.7 Å². The molecule has 1 heterocycles. The minimum absolute atomic E-state index is 0.117. The average molecular weight is 455 g/mol. The molecule has 10 nitrogen and oxygen atoms in total. The van der Waals surface area contributed by atoms with Crippen molar-refractivity contribution in [3.8, 4) is 0 Å². The van der Waals surface area contributed by atoms with E-state index in [2.05, 4.69) is 8.37 Å². The maximum Gasteiger partial charge on any atom is 0.281 e. The number of alkyl halides is 2. The van der Waals surface area contributed by atoms with E-state index in [1.165, 1.54) is 9.80 Å². The van der Waals surface area contributed by atoms with Crippen molar-refractivity contribution in [2.75, 3.05) is 49.8 Å². The number of rotatable bonds is 10. The third kappa shape index (κ3) is 8.35. The van der Waals surface area contributed by atoms with Crippen LogP contribution in [0.15, 0.2) is 0 Å². The van der Waals surface area contributed by atoms with E-state index in [-0.39, 0.29) is 64.0 Å². The highest BCUT2D eigenvalue weighted by Crippen LogP contribution is 2.07. The number of hydrogen-bond acceptors (Lipinski definition) is 8. The zero-order chi connectivity index (χ0) is 19.8. The monoisotopic (exact) mass is 454 g/mol. The molecule has 1 aliphatic rings. The highest BCUT2D eigenvalue weighted by molar-refractivity contribution is 7.88. The second-order valence-corrected chi connectivity index (χ2v) is 9.69. The molecule has 0 atom stereocenters. The molecule has 0 aromatic rings. The molecule has 0 unspecified atom stereocenters. The molecule has 0 radical (unpaired) electrons. The number of carbonyl (C=O) groups is 2. The first-order valence-corrected chi connectivity index (χ1v) is 11.7. The van der Waals surface area contributed by atoms with Gasteiger partial charge in [0.15, 0.2) is 0 Å². The van der Waals surface area contributed by atoms with Crippen LogP contribution in [0.2, 0.25) is 0 Å². The molecule has 0 saturated carbocycles. The molecule has 0 N–H and O–H groups in total. The average Bonchev–Trinajstić information content (AvgIpc) is 2.61. The van der Waals surface area contributed by atoms with Crippen molar-refractivity contribution in [3.63, 3.8) is 0 Å². The lowest BCUT2D eigenvalue weighted by Crippen LogP contribution is -2.50. The van der Waals surface area contributed by atoms with Crippen molar-refractivity contribution in [2.45, 2.75) is 12.8 Å². The SMILES string of the molecule is O=C(CCOS(=O)(=O)CCl)N1CCN(C(=O)CCOS(=O)(=O)CCl)CC1. The highest BCUT2D eigenvalue weighted by atomic mass is 35.5. The molecule has 14 heteroatoms. The first-order chi connectivity index (χ1) is 12.1. The van der Waals surface area contributed by atoms with E-state index in [0.717, 1.165) is 0 Å². The molecular formula is C12H20Cl2N2O8S2. The van der Waals surface area contributed by atoms with Crippen LogP contribution in [0.4, 0.5) is 0 Å². The second kappa shape index (κ2) is 10.6. The second-order valence-electron chi connectivity index (χ2n) is 5.24. The summed E-state index contributed by atoms with van der Waals surface area (Å²) in [5.41, 5.74) is 0. The maximum atomic E-state index is 12.0. The molecule has 1 rings (SSSR count). The van der Waals surface area contributed by atoms with Crippen LogP contribution in [0.1, 0.15) is 12.8 Å². The lowest BCUT2D eigenvalue weighted by molar-refractivity contribution is -0.140. The van der Waals surface area contributed by atoms with E-state index in [0.29, 0.717) is 0 Å². The van der Waals surface area contributed by atoms with Crippen LogP contribution in [-0.4, -0.2) is 88.3 Å². The Bertz CT molecular complexity index is 630. The normalized spacial score (nSPS) is 15.9. The van der Waals surface area contributed by atoms with Crippen LogP contribution in [-0.2, 0) is 38.2 Å². The number of amides is 2. The Morgan fingerprint density at radius 1 is 0.731 bits per heavy atom. The Hall–Kier alpha value is -0.660. The van der Waals surface area contributed by atoms with Gasteiger partial charge in [-0.15, -0.1) is 23.2 Å². The third-order valence-corrected chi connectivity index (χ3v) is 6.60. The maximum absolute atomic E-state index is 12.0. The van der Waals surface area contributed by atoms with Crippen molar-refractivity contribution in [2.24, 2.45) is 0 Å². The standard InChI is InChI=1S/C12H20Cl2N2O8S2/c13-9-25(19,20)23-7-1-11(17)15-3-5-16(6-4-15)12(18)2-8-24-26(21,22)10-14/h1-10H2. The Balaban J connectivity index is 2.30. The van der Waals surface area contributed by atoms with Gasteiger partial charge in [-0.2, -0.15) is 16.8 Å². The molecule has 152 valence electrons. The first-order valence-electron chi connectivity index (χ1n) is 7.52. The minimum Gasteiger partial charge on any atom is -0.339 e. The summed E-state index contributed by atoms with van der Waals surface area (Å²) in [6, 6.07) is 0. The lowest BCUT2D eigenvalue weighted by Gasteiger charge is -2.34. The van der Waals surface area contributed by atoms with Gasteiger partial charge in [0, 0.05) is 26.2 Å². The van der Waals surface area contributed by atoms with Gasteiger partial charge in [-0.05, 0) is 0 Å². The summed E-state index contributed by atoms with van der Waals surface area (Å²) in [6.45, 7) is 0.557. The van der Waals surface area contributed by atoms with Crippen LogP contribution in [0, 0.1) is 0 Å². The van der Waals surface area contributed by atoms with Gasteiger partial charge in [0.1, 0.15) is 10.4 Å². The van der Waals surface area contributed by atoms with Gasteiger partial charge in [-0.3, -0.25) is 18.0 Å². The molecule has 0 aromatic heterocycles. The molecule has 1 aliphatic heterocycles. The van der Waals surface area contributed by atoms with Crippen molar-refractivity contribution in [1.29, 1.82) is 0 Å². The van der Waals surface area contributed by atoms with Crippen LogP contribution >= 0.6 is 23.2 Å². The summed E-state index contributed by atoms with van der Waals surface area (Å²) in [7, 11) is -7.62. The van der Waals surface area contributed by atoms with Gasteiger partial charge in [-0.1, -0.05) is 0 Å². The van der Waals surface area contributed by atoms with Gasteiger partial charge in [0.25, 0.3) is 20.2 Å². The quantitative estimate of drug-likeness (QED) is 0.319. The van der Waals surface area contributed by atoms with Crippen LogP contribution in [0.5, 0.6) is 0 Å². The fourth-order valence-corrected chi connectivity index (χ4v) is 3.27. The van der Waals surface area contributed by atoms with Crippen LogP contribution in [0.25, 0.3) is 0 Å². The van der Waals surface area contributed by atoms with Crippen molar-refractivity contribution in [3.05, 3.63) is 0 Å². The number of carbonyl (C=O) groups excluding carboxylic acids is 2. The summed E-state index contributed by atoms with van der Waals surface area (Å²) < 4.78 is 53.3. The van der Waals surface area contributed by atoms with Crippen molar-refractivity contribution >= 4 is 55.3 Å². The van der Waals surface area contributed by atoms with Gasteiger partial charge in [0.2, 0.25) is 11.8 Å². The Morgan fingerprint density at radius 2 is 1.04 bits per heavy atom. The number of halogens is 2. The first kappa shape index (κ1) is 23.4. The van der Waals surface area contributed by atoms with Gasteiger partial charge >= 0.3 is 0 Å². The lowest BCUT2D eigenvalue weighted by atomic mass is 10.2. The summed E-state index contributed by atoms with van der Waals surface area (Å²) in [5.74, 6) is -0.586. The number of hydrogen-bond donors (Lipinski definition) is 0. The topological polar surface area (TPSA) is 127 Å². The minimum atomic E-state index is -3.81. The smallest absolute Gasteiger partial charge is 0.281 e. The summed E-state index contributed by atoms with van der Waals surface area (Å²) in [5, 5.41) is -1.37. The molecule has 2 amide bonds. The summed E-state index contributed by atoms with van der Waals surface area (Å²) in [4.78, 5) is 26.9. The molecule has 0 aromatic carbocycles. The van der Waals surface area contributed by atoms with Gasteiger partial charge in [0.05, 0.1) is 26.1 Å². The van der Waals surface area contributed by atoms with E-state index >= 15 is 0 Å². The van der Waals surface area contributed by atoms with E-state index in [1.54, 1.807) is 0 Å². The van der Waals surface area contributed by atoms with E-state index in [4.69, 9.17) is 23.2 Å². The Morgan fingerprint density at radius 3 is 1.31 bits per heavy atom. The fourth-order valence-electron chi connectivity index (χ4n) is 2.10. The van der Waals surface area contributed by atoms with Crippen LogP contribution < -0.4 is 0 Å². The Labute approximate surface area is 162 Å². The van der Waals surface area contributed by atoms with Crippen molar-refractivity contribution in [1.82, 2.24) is 9.80 Å². The van der Waals surface area contributed by atoms with Crippen molar-refractivity contribution < 1.29 is 34.8 Å². The van der Waals surface area contributed by atoms with Crippen LogP contribution in [0.3, 0.4) is 0 Å². The van der Waals surface area contributed by atoms with Gasteiger partial charge < -0.3 is 9.80 Å². The predicted octanol–water partition coefficient (Wildman–Crippen LogP) is -0.477. The molecular weight excluding hydrogens is 435 g/mol. The Kier molecular flexibility index (Phi) is 9.55. The zero-order valence-corrected chi connectivity index (χ0v) is 16.9. The molecule has 0 aliphatic carbocycles. The highest BCUT2D eigenvalue weighted by Gasteiger charge is 2.24. The molecule has 1 saturated heterocycles. The molecule has 0 spiro atoms. The third-order valence-electron chi connectivity index (χ3n) is 3.41. The van der Waals surface area contributed by atoms with E-state index in [9.17, 15) is 26.4 Å². The zero-order valence-electron chi connectivity index (χ0n) is 13.8. The molecule has 0 bridgehead atoms. The number of nitrogens with zero attached hydrogens (tertiary/aromatic N) is 2. The molecule has 26 heavy (non-hydrogen) atoms. The summed E-state index contributed by atoms with van der Waals surface area (Å²) >= 11 is 10.4. The predicted molar refractivity (Wildman–Crippen MR) is 93.6 cm³/mol. The fraction of sp³-hybridized carbons (Fsp3) is 0.833. The van der Waals surface area contributed by atoms with E-state index in [1.807, 2.05) is 0 Å². The van der Waals surface area contributed by atoms with Gasteiger partial charge in [-0.25, -0.2) is 0 Å². The summed E-state index contributed by atoms with van der Waals surface area (Å²) in [6.07, 6.45) is -0.234. The number of piperazine rings is 1. The molecule has 1 fully saturated rings.